The van der Waals surface area contributed by atoms with Crippen LogP contribution in [0, 0.1) is 29.1 Å². The minimum Gasteiger partial charge on any atom is -0.368 e. The average molecular weight is 233 g/mol. The van der Waals surface area contributed by atoms with Gasteiger partial charge in [0, 0.05) is 29.2 Å². The van der Waals surface area contributed by atoms with E-state index in [-0.39, 0.29) is 0 Å². The van der Waals surface area contributed by atoms with Crippen molar-refractivity contribution in [2.24, 2.45) is 17.8 Å². The summed E-state index contributed by atoms with van der Waals surface area (Å²) in [6.07, 6.45) is 0. The molecule has 1 aliphatic carbocycles. The van der Waals surface area contributed by atoms with E-state index >= 15 is 0 Å². The molecule has 0 N–H and O–H groups in total. The number of rotatable bonds is 1. The first kappa shape index (κ1) is 9.99. The van der Waals surface area contributed by atoms with Crippen LogP contribution >= 0.6 is 11.6 Å². The van der Waals surface area contributed by atoms with Crippen LogP contribution in [0.15, 0.2) is 24.3 Å². The number of halogens is 1. The lowest BCUT2D eigenvalue weighted by atomic mass is 10.1. The van der Waals surface area contributed by atoms with Crippen LogP contribution in [0.4, 0.5) is 5.69 Å². The summed E-state index contributed by atoms with van der Waals surface area (Å²) in [5, 5.41) is 9.72. The molecule has 4 unspecified atom stereocenters. The lowest BCUT2D eigenvalue weighted by molar-refractivity contribution is 0.612. The van der Waals surface area contributed by atoms with E-state index in [4.69, 9.17) is 16.9 Å². The molecule has 16 heavy (non-hydrogen) atoms. The summed E-state index contributed by atoms with van der Waals surface area (Å²) in [4.78, 5) is 2.37. The summed E-state index contributed by atoms with van der Waals surface area (Å²) < 4.78 is 0. The molecule has 0 amide bonds. The summed E-state index contributed by atoms with van der Waals surface area (Å²) in [5.74, 6) is 1.45. The van der Waals surface area contributed by atoms with Gasteiger partial charge in [-0.05, 0) is 31.0 Å². The molecule has 82 valence electrons. The van der Waals surface area contributed by atoms with E-state index in [2.05, 4.69) is 24.0 Å². The quantitative estimate of drug-likeness (QED) is 0.745. The predicted octanol–water partition coefficient (Wildman–Crippen LogP) is 2.93. The topological polar surface area (TPSA) is 27.0 Å². The number of nitrogens with zero attached hydrogens (tertiary/aromatic N) is 2. The normalized spacial score (nSPS) is 35.7. The number of hydrogen-bond acceptors (Lipinski definition) is 2. The van der Waals surface area contributed by atoms with Crippen molar-refractivity contribution in [2.45, 2.75) is 13.0 Å². The van der Waals surface area contributed by atoms with Gasteiger partial charge in [-0.1, -0.05) is 17.7 Å². The zero-order chi connectivity index (χ0) is 11.3. The Kier molecular flexibility index (Phi) is 2.12. The van der Waals surface area contributed by atoms with E-state index in [1.165, 1.54) is 5.69 Å². The third-order valence-corrected chi connectivity index (χ3v) is 4.21. The van der Waals surface area contributed by atoms with E-state index in [1.807, 2.05) is 18.2 Å². The molecule has 2 nitrogen and oxygen atoms in total. The van der Waals surface area contributed by atoms with E-state index in [1.54, 1.807) is 0 Å². The van der Waals surface area contributed by atoms with Gasteiger partial charge in [-0.2, -0.15) is 5.26 Å². The van der Waals surface area contributed by atoms with Crippen LogP contribution in [0.2, 0.25) is 5.02 Å². The Hall–Kier alpha value is -1.20. The second-order valence-corrected chi connectivity index (χ2v) is 5.21. The van der Waals surface area contributed by atoms with Crippen LogP contribution in [0.5, 0.6) is 0 Å². The molecular weight excluding hydrogens is 220 g/mol. The van der Waals surface area contributed by atoms with Crippen molar-refractivity contribution in [3.8, 4) is 6.07 Å². The van der Waals surface area contributed by atoms with Crippen LogP contribution in [0.3, 0.4) is 0 Å². The van der Waals surface area contributed by atoms with Crippen LogP contribution in [-0.4, -0.2) is 12.6 Å². The molecule has 1 aromatic carbocycles. The lowest BCUT2D eigenvalue weighted by Crippen LogP contribution is -2.31. The number of benzene rings is 1. The van der Waals surface area contributed by atoms with Gasteiger partial charge in [0.15, 0.2) is 0 Å². The number of anilines is 1. The first-order valence-electron chi connectivity index (χ1n) is 5.64. The number of fused-ring (bicyclic) bond motifs is 1. The highest BCUT2D eigenvalue weighted by atomic mass is 35.5. The Labute approximate surface area is 100 Å². The molecule has 0 radical (unpaired) electrons. The third-order valence-electron chi connectivity index (χ3n) is 3.97. The molecule has 0 spiro atoms. The maximum atomic E-state index is 8.94. The van der Waals surface area contributed by atoms with Crippen molar-refractivity contribution < 1.29 is 0 Å². The van der Waals surface area contributed by atoms with Crippen molar-refractivity contribution in [3.05, 3.63) is 29.3 Å². The van der Waals surface area contributed by atoms with Crippen LogP contribution < -0.4 is 4.90 Å². The van der Waals surface area contributed by atoms with Gasteiger partial charge >= 0.3 is 0 Å². The summed E-state index contributed by atoms with van der Waals surface area (Å²) in [6, 6.07) is 10.8. The Bertz CT molecular complexity index is 465. The summed E-state index contributed by atoms with van der Waals surface area (Å²) in [7, 11) is 0. The zero-order valence-electron chi connectivity index (χ0n) is 9.10. The van der Waals surface area contributed by atoms with Crippen LogP contribution in [0.25, 0.3) is 0 Å². The molecule has 1 saturated carbocycles. The van der Waals surface area contributed by atoms with Crippen molar-refractivity contribution in [1.29, 1.82) is 5.26 Å². The molecular formula is C13H13ClN2. The Morgan fingerprint density at radius 3 is 2.88 bits per heavy atom. The second kappa shape index (κ2) is 3.40. The van der Waals surface area contributed by atoms with E-state index in [9.17, 15) is 0 Å². The number of hydrogen-bond donors (Lipinski definition) is 0. The first-order valence-corrected chi connectivity index (χ1v) is 6.02. The van der Waals surface area contributed by atoms with Gasteiger partial charge in [-0.25, -0.2) is 0 Å². The summed E-state index contributed by atoms with van der Waals surface area (Å²) >= 11 is 6.00. The molecule has 0 bridgehead atoms. The van der Waals surface area contributed by atoms with Crippen LogP contribution in [-0.2, 0) is 0 Å². The Morgan fingerprint density at radius 1 is 1.50 bits per heavy atom. The molecule has 1 aliphatic heterocycles. The van der Waals surface area contributed by atoms with Gasteiger partial charge in [-0.3, -0.25) is 0 Å². The van der Waals surface area contributed by atoms with Crippen molar-refractivity contribution in [3.63, 3.8) is 0 Å². The van der Waals surface area contributed by atoms with Gasteiger partial charge in [-0.15, -0.1) is 0 Å². The van der Waals surface area contributed by atoms with E-state index in [0.29, 0.717) is 23.8 Å². The Morgan fingerprint density at radius 2 is 2.31 bits per heavy atom. The molecule has 0 aromatic heterocycles. The highest BCUT2D eigenvalue weighted by molar-refractivity contribution is 6.30. The monoisotopic (exact) mass is 232 g/mol. The summed E-state index contributed by atoms with van der Waals surface area (Å²) in [6.45, 7) is 3.22. The highest BCUT2D eigenvalue weighted by Gasteiger charge is 2.60. The van der Waals surface area contributed by atoms with Gasteiger partial charge in [0.1, 0.15) is 0 Å². The smallest absolute Gasteiger partial charge is 0.0663 e. The minimum absolute atomic E-state index is 0.297. The van der Waals surface area contributed by atoms with Crippen molar-refractivity contribution in [1.82, 2.24) is 0 Å². The fraction of sp³-hybridized carbons (Fsp3) is 0.462. The van der Waals surface area contributed by atoms with Crippen molar-refractivity contribution in [2.75, 3.05) is 11.4 Å². The second-order valence-electron chi connectivity index (χ2n) is 4.77. The average Bonchev–Trinajstić information content (AvgIpc) is 2.88. The van der Waals surface area contributed by atoms with E-state index < -0.39 is 0 Å². The maximum Gasteiger partial charge on any atom is 0.0663 e. The SMILES string of the molecule is CC1C2C(C#N)C2CN1c1cccc(Cl)c1. The summed E-state index contributed by atoms with van der Waals surface area (Å²) in [5.41, 5.74) is 1.18. The molecule has 3 rings (SSSR count). The van der Waals surface area contributed by atoms with Crippen LogP contribution in [0.1, 0.15) is 6.92 Å². The lowest BCUT2D eigenvalue weighted by Gasteiger charge is -2.27. The van der Waals surface area contributed by atoms with Gasteiger partial charge in [0.05, 0.1) is 12.0 Å². The highest BCUT2D eigenvalue weighted by Crippen LogP contribution is 2.55. The number of piperidine rings is 1. The molecule has 1 aromatic rings. The largest absolute Gasteiger partial charge is 0.368 e. The van der Waals surface area contributed by atoms with Crippen molar-refractivity contribution >= 4 is 17.3 Å². The molecule has 4 atom stereocenters. The fourth-order valence-electron chi connectivity index (χ4n) is 3.07. The minimum atomic E-state index is 0.297. The molecule has 3 heteroatoms. The maximum absolute atomic E-state index is 8.94. The molecule has 2 fully saturated rings. The molecule has 2 aliphatic rings. The number of nitriles is 1. The fourth-order valence-corrected chi connectivity index (χ4v) is 3.26. The van der Waals surface area contributed by atoms with E-state index in [0.717, 1.165) is 11.6 Å². The predicted molar refractivity (Wildman–Crippen MR) is 64.3 cm³/mol. The zero-order valence-corrected chi connectivity index (χ0v) is 9.85. The molecule has 1 heterocycles. The molecule has 1 saturated heterocycles. The third kappa shape index (κ3) is 1.32. The Balaban J connectivity index is 1.83. The standard InChI is InChI=1S/C13H13ClN2/c1-8-13-11(6-15)12(13)7-16(8)10-4-2-3-9(14)5-10/h2-5,8,11-13H,7H2,1H3. The van der Waals surface area contributed by atoms with Gasteiger partial charge in [0.25, 0.3) is 0 Å². The first-order chi connectivity index (χ1) is 7.72. The van der Waals surface area contributed by atoms with Gasteiger partial charge in [0.2, 0.25) is 0 Å². The van der Waals surface area contributed by atoms with Gasteiger partial charge < -0.3 is 4.90 Å².